The fraction of sp³-hybridized carbons (Fsp3) is 0.444. The van der Waals surface area contributed by atoms with Gasteiger partial charge >= 0.3 is 0 Å². The SMILES string of the molecule is OCc1nc2ccccc2n1Cc1csc(C2CCCCC2)n1. The van der Waals surface area contributed by atoms with Crippen molar-refractivity contribution in [2.75, 3.05) is 0 Å². The van der Waals surface area contributed by atoms with Crippen molar-refractivity contribution in [3.05, 3.63) is 46.2 Å². The third-order valence-corrected chi connectivity index (χ3v) is 5.78. The number of hydrogen-bond donors (Lipinski definition) is 1. The van der Waals surface area contributed by atoms with E-state index >= 15 is 0 Å². The molecule has 5 heteroatoms. The Balaban J connectivity index is 1.62. The summed E-state index contributed by atoms with van der Waals surface area (Å²) in [6, 6.07) is 8.02. The van der Waals surface area contributed by atoms with Gasteiger partial charge < -0.3 is 9.67 Å². The number of aliphatic hydroxyl groups excluding tert-OH is 1. The van der Waals surface area contributed by atoms with E-state index in [1.807, 2.05) is 18.2 Å². The van der Waals surface area contributed by atoms with Gasteiger partial charge in [0.1, 0.15) is 12.4 Å². The van der Waals surface area contributed by atoms with Gasteiger partial charge in [-0.25, -0.2) is 9.97 Å². The molecule has 0 amide bonds. The second-order valence-electron chi connectivity index (χ2n) is 6.27. The molecule has 0 radical (unpaired) electrons. The van der Waals surface area contributed by atoms with E-state index in [4.69, 9.17) is 4.98 Å². The second-order valence-corrected chi connectivity index (χ2v) is 7.16. The van der Waals surface area contributed by atoms with Crippen molar-refractivity contribution in [3.8, 4) is 0 Å². The Hall–Kier alpha value is -1.72. The minimum atomic E-state index is -0.0473. The van der Waals surface area contributed by atoms with E-state index in [0.29, 0.717) is 18.3 Å². The monoisotopic (exact) mass is 327 g/mol. The van der Waals surface area contributed by atoms with Gasteiger partial charge in [0, 0.05) is 11.3 Å². The van der Waals surface area contributed by atoms with Crippen molar-refractivity contribution in [1.29, 1.82) is 0 Å². The van der Waals surface area contributed by atoms with Crippen LogP contribution in [0.25, 0.3) is 11.0 Å². The molecule has 0 unspecified atom stereocenters. The van der Waals surface area contributed by atoms with Gasteiger partial charge in [0.05, 0.1) is 28.3 Å². The van der Waals surface area contributed by atoms with Crippen LogP contribution in [-0.2, 0) is 13.2 Å². The normalized spacial score (nSPS) is 16.2. The predicted molar refractivity (Wildman–Crippen MR) is 92.7 cm³/mol. The third kappa shape index (κ3) is 2.91. The number of para-hydroxylation sites is 2. The number of thiazole rings is 1. The van der Waals surface area contributed by atoms with Crippen LogP contribution in [0.2, 0.25) is 0 Å². The van der Waals surface area contributed by atoms with Gasteiger partial charge in [0.2, 0.25) is 0 Å². The highest BCUT2D eigenvalue weighted by molar-refractivity contribution is 7.09. The first-order chi connectivity index (χ1) is 11.3. The number of aromatic nitrogens is 3. The van der Waals surface area contributed by atoms with Crippen molar-refractivity contribution >= 4 is 22.4 Å². The molecular formula is C18H21N3OS. The lowest BCUT2D eigenvalue weighted by molar-refractivity contribution is 0.267. The van der Waals surface area contributed by atoms with Gasteiger partial charge in [-0.2, -0.15) is 0 Å². The molecule has 1 fully saturated rings. The average molecular weight is 327 g/mol. The molecule has 1 aliphatic carbocycles. The number of fused-ring (bicyclic) bond motifs is 1. The van der Waals surface area contributed by atoms with Gasteiger partial charge in [0.15, 0.2) is 0 Å². The molecule has 0 saturated heterocycles. The summed E-state index contributed by atoms with van der Waals surface area (Å²) in [6.07, 6.45) is 6.60. The van der Waals surface area contributed by atoms with Crippen molar-refractivity contribution in [2.45, 2.75) is 51.2 Å². The molecule has 0 aliphatic heterocycles. The molecule has 0 atom stereocenters. The van der Waals surface area contributed by atoms with Crippen LogP contribution in [0.5, 0.6) is 0 Å². The maximum Gasteiger partial charge on any atom is 0.136 e. The number of hydrogen-bond acceptors (Lipinski definition) is 4. The van der Waals surface area contributed by atoms with Gasteiger partial charge in [-0.1, -0.05) is 31.4 Å². The summed E-state index contributed by atoms with van der Waals surface area (Å²) in [4.78, 5) is 9.39. The molecule has 120 valence electrons. The van der Waals surface area contributed by atoms with E-state index in [9.17, 15) is 5.11 Å². The van der Waals surface area contributed by atoms with E-state index in [1.165, 1.54) is 37.1 Å². The maximum atomic E-state index is 9.61. The Kier molecular flexibility index (Phi) is 4.14. The largest absolute Gasteiger partial charge is 0.388 e. The van der Waals surface area contributed by atoms with Crippen LogP contribution in [0, 0.1) is 0 Å². The van der Waals surface area contributed by atoms with Crippen molar-refractivity contribution in [2.24, 2.45) is 0 Å². The molecule has 4 rings (SSSR count). The zero-order valence-electron chi connectivity index (χ0n) is 13.1. The highest BCUT2D eigenvalue weighted by Gasteiger charge is 2.19. The van der Waals surface area contributed by atoms with Crippen LogP contribution in [0.3, 0.4) is 0 Å². The second kappa shape index (κ2) is 6.42. The third-order valence-electron chi connectivity index (χ3n) is 4.72. The van der Waals surface area contributed by atoms with Gasteiger partial charge in [-0.05, 0) is 25.0 Å². The first-order valence-corrected chi connectivity index (χ1v) is 9.22. The molecule has 2 aromatic heterocycles. The fourth-order valence-corrected chi connectivity index (χ4v) is 4.50. The topological polar surface area (TPSA) is 50.9 Å². The van der Waals surface area contributed by atoms with Crippen molar-refractivity contribution in [1.82, 2.24) is 14.5 Å². The summed E-state index contributed by atoms with van der Waals surface area (Å²) in [5, 5.41) is 13.1. The maximum absolute atomic E-state index is 9.61. The van der Waals surface area contributed by atoms with Crippen molar-refractivity contribution < 1.29 is 5.11 Å². The van der Waals surface area contributed by atoms with Crippen LogP contribution in [0.4, 0.5) is 0 Å². The minimum absolute atomic E-state index is 0.0473. The molecule has 1 aliphatic rings. The van der Waals surface area contributed by atoms with Gasteiger partial charge in [0.25, 0.3) is 0 Å². The average Bonchev–Trinajstić information content (AvgIpc) is 3.21. The van der Waals surface area contributed by atoms with E-state index < -0.39 is 0 Å². The Morgan fingerprint density at radius 3 is 2.78 bits per heavy atom. The Morgan fingerprint density at radius 1 is 1.13 bits per heavy atom. The first kappa shape index (κ1) is 14.8. The van der Waals surface area contributed by atoms with Gasteiger partial charge in [-0.15, -0.1) is 11.3 Å². The summed E-state index contributed by atoms with van der Waals surface area (Å²) < 4.78 is 2.08. The van der Waals surface area contributed by atoms with Crippen LogP contribution in [0.15, 0.2) is 29.6 Å². The van der Waals surface area contributed by atoms with Crippen LogP contribution >= 0.6 is 11.3 Å². The van der Waals surface area contributed by atoms with Crippen LogP contribution in [-0.4, -0.2) is 19.6 Å². The van der Waals surface area contributed by atoms with Crippen LogP contribution in [0.1, 0.15) is 54.5 Å². The van der Waals surface area contributed by atoms with E-state index in [1.54, 1.807) is 11.3 Å². The summed E-state index contributed by atoms with van der Waals surface area (Å²) in [5.74, 6) is 1.36. The smallest absolute Gasteiger partial charge is 0.136 e. The first-order valence-electron chi connectivity index (χ1n) is 8.34. The quantitative estimate of drug-likeness (QED) is 0.785. The van der Waals surface area contributed by atoms with Crippen LogP contribution < -0.4 is 0 Å². The lowest BCUT2D eigenvalue weighted by Crippen LogP contribution is -2.07. The highest BCUT2D eigenvalue weighted by atomic mass is 32.1. The van der Waals surface area contributed by atoms with E-state index in [2.05, 4.69) is 21.0 Å². The number of benzene rings is 1. The molecule has 3 aromatic rings. The Morgan fingerprint density at radius 2 is 1.96 bits per heavy atom. The number of aliphatic hydroxyl groups is 1. The zero-order chi connectivity index (χ0) is 15.6. The molecule has 0 spiro atoms. The summed E-state index contributed by atoms with van der Waals surface area (Å²) in [6.45, 7) is 0.633. The Bertz CT molecular complexity index is 802. The molecular weight excluding hydrogens is 306 g/mol. The molecule has 2 heterocycles. The zero-order valence-corrected chi connectivity index (χ0v) is 13.9. The standard InChI is InChI=1S/C18H21N3OS/c22-11-17-20-15-8-4-5-9-16(15)21(17)10-14-12-23-18(19-14)13-6-2-1-3-7-13/h4-5,8-9,12-13,22H,1-3,6-7,10-11H2. The minimum Gasteiger partial charge on any atom is -0.388 e. The molecule has 23 heavy (non-hydrogen) atoms. The number of imidazole rings is 1. The lowest BCUT2D eigenvalue weighted by Gasteiger charge is -2.18. The molecule has 1 aromatic carbocycles. The molecule has 0 bridgehead atoms. The van der Waals surface area contributed by atoms with Crippen molar-refractivity contribution in [3.63, 3.8) is 0 Å². The molecule has 4 nitrogen and oxygen atoms in total. The molecule has 1 saturated carbocycles. The number of nitrogens with zero attached hydrogens (tertiary/aromatic N) is 3. The highest BCUT2D eigenvalue weighted by Crippen LogP contribution is 2.34. The van der Waals surface area contributed by atoms with E-state index in [-0.39, 0.29) is 6.61 Å². The fourth-order valence-electron chi connectivity index (χ4n) is 3.52. The predicted octanol–water partition coefficient (Wildman–Crippen LogP) is 4.08. The number of rotatable bonds is 4. The Labute approximate surface area is 139 Å². The van der Waals surface area contributed by atoms with E-state index in [0.717, 1.165) is 16.7 Å². The molecule has 1 N–H and O–H groups in total. The lowest BCUT2D eigenvalue weighted by atomic mass is 9.90. The summed E-state index contributed by atoms with van der Waals surface area (Å²) >= 11 is 1.79. The summed E-state index contributed by atoms with van der Waals surface area (Å²) in [7, 11) is 0. The van der Waals surface area contributed by atoms with Gasteiger partial charge in [-0.3, -0.25) is 0 Å². The summed E-state index contributed by atoms with van der Waals surface area (Å²) in [5.41, 5.74) is 3.07.